The van der Waals surface area contributed by atoms with E-state index in [2.05, 4.69) is 52.8 Å². The summed E-state index contributed by atoms with van der Waals surface area (Å²) < 4.78 is 5.45. The minimum absolute atomic E-state index is 0.00925. The quantitative estimate of drug-likeness (QED) is 0.636. The summed E-state index contributed by atoms with van der Waals surface area (Å²) in [4.78, 5) is 0. The predicted octanol–water partition coefficient (Wildman–Crippen LogP) is 3.78. The maximum Gasteiger partial charge on any atom is 0.139 e. The monoisotopic (exact) mass is 279 g/mol. The van der Waals surface area contributed by atoms with Crippen molar-refractivity contribution < 1.29 is 4.52 Å². The Hall–Kier alpha value is -1.29. The molecule has 4 heteroatoms. The van der Waals surface area contributed by atoms with Gasteiger partial charge in [-0.3, -0.25) is 0 Å². The number of nitrogens with two attached hydrogens (primary N) is 1. The van der Waals surface area contributed by atoms with Crippen molar-refractivity contribution >= 4 is 0 Å². The summed E-state index contributed by atoms with van der Waals surface area (Å²) in [5, 5.41) is 5.91. The number of allylic oxidation sites excluding steroid dienone is 1. The molecule has 4 nitrogen and oxygen atoms in total. The lowest BCUT2D eigenvalue weighted by Crippen LogP contribution is -2.46. The van der Waals surface area contributed by atoms with Crippen LogP contribution in [0.1, 0.15) is 65.8 Å². The van der Waals surface area contributed by atoms with Crippen LogP contribution in [-0.2, 0) is 11.8 Å². The van der Waals surface area contributed by atoms with Crippen molar-refractivity contribution in [2.45, 2.75) is 71.8 Å². The average Bonchev–Trinajstić information content (AvgIpc) is 2.76. The Kier molecular flexibility index (Phi) is 5.40. The van der Waals surface area contributed by atoms with Crippen LogP contribution in [-0.4, -0.2) is 15.7 Å². The number of aromatic nitrogens is 1. The standard InChI is InChI=1S/C16H29N3O/c1-7-8-9-10-19(17)16(5,6)12-13-11-14(18-20-13)15(2,3)4/h9-11H,7-8,12,17H2,1-6H3/b10-9-. The van der Waals surface area contributed by atoms with Gasteiger partial charge in [0.25, 0.3) is 0 Å². The Morgan fingerprint density at radius 2 is 1.95 bits per heavy atom. The Bertz CT molecular complexity index is 441. The number of hydrogen-bond acceptors (Lipinski definition) is 4. The normalized spacial score (nSPS) is 13.2. The van der Waals surface area contributed by atoms with Crippen molar-refractivity contribution in [2.75, 3.05) is 0 Å². The fourth-order valence-electron chi connectivity index (χ4n) is 1.82. The van der Waals surface area contributed by atoms with E-state index in [4.69, 9.17) is 10.4 Å². The zero-order chi connectivity index (χ0) is 15.4. The molecule has 0 aromatic carbocycles. The molecule has 0 bridgehead atoms. The molecule has 0 saturated heterocycles. The number of hydrazine groups is 1. The van der Waals surface area contributed by atoms with Crippen molar-refractivity contribution in [1.29, 1.82) is 0 Å². The molecule has 0 spiro atoms. The van der Waals surface area contributed by atoms with E-state index in [9.17, 15) is 0 Å². The molecule has 20 heavy (non-hydrogen) atoms. The lowest BCUT2D eigenvalue weighted by Gasteiger charge is -2.33. The highest BCUT2D eigenvalue weighted by atomic mass is 16.5. The van der Waals surface area contributed by atoms with E-state index in [1.54, 1.807) is 5.01 Å². The van der Waals surface area contributed by atoms with Gasteiger partial charge in [-0.05, 0) is 20.3 Å². The second kappa shape index (κ2) is 6.44. The number of hydrogen-bond donors (Lipinski definition) is 1. The van der Waals surface area contributed by atoms with Gasteiger partial charge in [-0.2, -0.15) is 0 Å². The summed E-state index contributed by atoms with van der Waals surface area (Å²) >= 11 is 0. The molecule has 1 aromatic rings. The van der Waals surface area contributed by atoms with E-state index in [1.165, 1.54) is 0 Å². The van der Waals surface area contributed by atoms with Crippen molar-refractivity contribution in [3.63, 3.8) is 0 Å². The van der Waals surface area contributed by atoms with Gasteiger partial charge in [0.05, 0.1) is 11.2 Å². The zero-order valence-corrected chi connectivity index (χ0v) is 13.7. The highest BCUT2D eigenvalue weighted by Gasteiger charge is 2.26. The SMILES string of the molecule is CCC/C=C\N(N)C(C)(C)Cc1cc(C(C)(C)C)no1. The van der Waals surface area contributed by atoms with Gasteiger partial charge in [-0.1, -0.05) is 45.3 Å². The van der Waals surface area contributed by atoms with E-state index in [0.29, 0.717) is 0 Å². The van der Waals surface area contributed by atoms with Crippen LogP contribution in [0.3, 0.4) is 0 Å². The predicted molar refractivity (Wildman–Crippen MR) is 83.1 cm³/mol. The van der Waals surface area contributed by atoms with Crippen molar-refractivity contribution in [3.8, 4) is 0 Å². The maximum absolute atomic E-state index is 6.12. The summed E-state index contributed by atoms with van der Waals surface area (Å²) in [5.41, 5.74) is 0.780. The summed E-state index contributed by atoms with van der Waals surface area (Å²) in [6, 6.07) is 2.03. The Labute approximate surface area is 123 Å². The van der Waals surface area contributed by atoms with Crippen LogP contribution in [0.5, 0.6) is 0 Å². The Morgan fingerprint density at radius 3 is 2.45 bits per heavy atom. The van der Waals surface area contributed by atoms with Gasteiger partial charge in [-0.25, -0.2) is 5.84 Å². The molecule has 0 aliphatic rings. The van der Waals surface area contributed by atoms with Crippen LogP contribution < -0.4 is 5.84 Å². The number of unbranched alkanes of at least 4 members (excludes halogenated alkanes) is 1. The highest BCUT2D eigenvalue weighted by Crippen LogP contribution is 2.24. The smallest absolute Gasteiger partial charge is 0.139 e. The molecule has 114 valence electrons. The molecule has 0 saturated carbocycles. The molecular weight excluding hydrogens is 250 g/mol. The van der Waals surface area contributed by atoms with E-state index < -0.39 is 0 Å². The van der Waals surface area contributed by atoms with Gasteiger partial charge < -0.3 is 9.53 Å². The Morgan fingerprint density at radius 1 is 1.30 bits per heavy atom. The van der Waals surface area contributed by atoms with E-state index in [-0.39, 0.29) is 11.0 Å². The molecular formula is C16H29N3O. The minimum atomic E-state index is -0.209. The summed E-state index contributed by atoms with van der Waals surface area (Å²) in [6.07, 6.45) is 6.94. The molecule has 0 amide bonds. The van der Waals surface area contributed by atoms with E-state index in [0.717, 1.165) is 30.7 Å². The molecule has 2 N–H and O–H groups in total. The second-order valence-corrected chi connectivity index (χ2v) is 7.00. The first-order valence-electron chi connectivity index (χ1n) is 7.33. The molecule has 1 heterocycles. The summed E-state index contributed by atoms with van der Waals surface area (Å²) in [7, 11) is 0. The first kappa shape index (κ1) is 16.8. The van der Waals surface area contributed by atoms with Crippen LogP contribution >= 0.6 is 0 Å². The van der Waals surface area contributed by atoms with Crippen molar-refractivity contribution in [1.82, 2.24) is 10.2 Å². The first-order chi connectivity index (χ1) is 9.16. The third-order valence-corrected chi connectivity index (χ3v) is 3.35. The van der Waals surface area contributed by atoms with Gasteiger partial charge in [0.15, 0.2) is 0 Å². The number of rotatable bonds is 6. The van der Waals surface area contributed by atoms with E-state index in [1.807, 2.05) is 12.3 Å². The molecule has 0 aliphatic heterocycles. The highest BCUT2D eigenvalue weighted by molar-refractivity contribution is 5.15. The molecule has 1 aromatic heterocycles. The molecule has 0 fully saturated rings. The van der Waals surface area contributed by atoms with Crippen LogP contribution in [0, 0.1) is 0 Å². The van der Waals surface area contributed by atoms with Gasteiger partial charge in [0, 0.05) is 24.1 Å². The lowest BCUT2D eigenvalue weighted by atomic mass is 9.91. The molecule has 0 unspecified atom stereocenters. The largest absolute Gasteiger partial charge is 0.361 e. The van der Waals surface area contributed by atoms with Gasteiger partial charge in [-0.15, -0.1) is 0 Å². The summed E-state index contributed by atoms with van der Waals surface area (Å²) in [6.45, 7) is 12.7. The van der Waals surface area contributed by atoms with E-state index >= 15 is 0 Å². The lowest BCUT2D eigenvalue weighted by molar-refractivity contribution is 0.173. The molecule has 0 atom stereocenters. The zero-order valence-electron chi connectivity index (χ0n) is 13.7. The van der Waals surface area contributed by atoms with Crippen molar-refractivity contribution in [3.05, 3.63) is 29.8 Å². The second-order valence-electron chi connectivity index (χ2n) is 7.00. The minimum Gasteiger partial charge on any atom is -0.361 e. The third kappa shape index (κ3) is 4.67. The Balaban J connectivity index is 2.73. The van der Waals surface area contributed by atoms with Gasteiger partial charge in [0.2, 0.25) is 0 Å². The maximum atomic E-state index is 6.12. The molecule has 0 aliphatic carbocycles. The van der Waals surface area contributed by atoms with Crippen LogP contribution in [0.2, 0.25) is 0 Å². The fourth-order valence-corrected chi connectivity index (χ4v) is 1.82. The molecule has 0 radical (unpaired) electrons. The third-order valence-electron chi connectivity index (χ3n) is 3.35. The number of nitrogens with zero attached hydrogens (tertiary/aromatic N) is 2. The van der Waals surface area contributed by atoms with Crippen LogP contribution in [0.25, 0.3) is 0 Å². The van der Waals surface area contributed by atoms with Gasteiger partial charge in [0.1, 0.15) is 5.76 Å². The fraction of sp³-hybridized carbons (Fsp3) is 0.688. The van der Waals surface area contributed by atoms with Gasteiger partial charge >= 0.3 is 0 Å². The van der Waals surface area contributed by atoms with Crippen molar-refractivity contribution in [2.24, 2.45) is 5.84 Å². The molecule has 1 rings (SSSR count). The van der Waals surface area contributed by atoms with Crippen LogP contribution in [0.4, 0.5) is 0 Å². The average molecular weight is 279 g/mol. The first-order valence-corrected chi connectivity index (χ1v) is 7.33. The van der Waals surface area contributed by atoms with Crippen LogP contribution in [0.15, 0.2) is 22.9 Å². The summed E-state index contributed by atoms with van der Waals surface area (Å²) in [5.74, 6) is 6.99. The topological polar surface area (TPSA) is 55.3 Å².